The number of hydrogen-bond acceptors (Lipinski definition) is 4. The Labute approximate surface area is 105 Å². The fraction of sp³-hybridized carbons (Fsp3) is 0.0909. The summed E-state index contributed by atoms with van der Waals surface area (Å²) in [6.45, 7) is 0. The second kappa shape index (κ2) is 4.76. The first kappa shape index (κ1) is 11.3. The summed E-state index contributed by atoms with van der Waals surface area (Å²) < 4.78 is 5.92. The second-order valence-corrected chi connectivity index (χ2v) is 4.77. The molecule has 0 atom stereocenters. The van der Waals surface area contributed by atoms with E-state index in [0.29, 0.717) is 16.2 Å². The van der Waals surface area contributed by atoms with Crippen LogP contribution in [-0.2, 0) is 0 Å². The average Bonchev–Trinajstić information content (AvgIpc) is 2.74. The van der Waals surface area contributed by atoms with Gasteiger partial charge in [-0.25, -0.2) is 0 Å². The third-order valence-electron chi connectivity index (χ3n) is 2.07. The number of thiophene rings is 1. The number of pyridine rings is 1. The molecule has 0 spiro atoms. The number of methoxy groups -OCH3 is 1. The van der Waals surface area contributed by atoms with Crippen molar-refractivity contribution in [1.82, 2.24) is 4.98 Å². The quantitative estimate of drug-likeness (QED) is 0.817. The van der Waals surface area contributed by atoms with E-state index in [-0.39, 0.29) is 5.78 Å². The van der Waals surface area contributed by atoms with Crippen molar-refractivity contribution in [3.63, 3.8) is 0 Å². The summed E-state index contributed by atoms with van der Waals surface area (Å²) in [7, 11) is 1.53. The number of nitrogens with zero attached hydrogens (tertiary/aromatic N) is 1. The lowest BCUT2D eigenvalue weighted by Crippen LogP contribution is -2.02. The van der Waals surface area contributed by atoms with Crippen LogP contribution in [0.3, 0.4) is 0 Å². The van der Waals surface area contributed by atoms with Crippen LogP contribution in [0.25, 0.3) is 0 Å². The number of carbonyl (C=O) groups excluding carboxylic acids is 1. The van der Waals surface area contributed by atoms with Gasteiger partial charge in [-0.2, -0.15) is 0 Å². The maximum atomic E-state index is 12.2. The van der Waals surface area contributed by atoms with E-state index in [1.165, 1.54) is 24.6 Å². The molecule has 0 aliphatic rings. The first-order chi connectivity index (χ1) is 7.74. The lowest BCUT2D eigenvalue weighted by Gasteiger charge is -2.05. The predicted molar refractivity (Wildman–Crippen MR) is 66.2 cm³/mol. The Morgan fingerprint density at radius 3 is 2.94 bits per heavy atom. The van der Waals surface area contributed by atoms with Gasteiger partial charge in [-0.1, -0.05) is 0 Å². The Hall–Kier alpha value is -1.20. The molecule has 82 valence electrons. The molecule has 0 unspecified atom stereocenters. The standard InChI is InChI=1S/C11H8BrNO2S/c1-15-9-6-13-4-2-7(9)10(14)11-8(12)3-5-16-11/h2-6H,1H3. The Kier molecular flexibility index (Phi) is 3.36. The lowest BCUT2D eigenvalue weighted by atomic mass is 10.1. The normalized spacial score (nSPS) is 10.1. The van der Waals surface area contributed by atoms with Gasteiger partial charge in [0, 0.05) is 10.7 Å². The van der Waals surface area contributed by atoms with E-state index in [4.69, 9.17) is 4.74 Å². The van der Waals surface area contributed by atoms with Crippen molar-refractivity contribution in [1.29, 1.82) is 0 Å². The Morgan fingerprint density at radius 1 is 1.50 bits per heavy atom. The van der Waals surface area contributed by atoms with Crippen molar-refractivity contribution in [2.45, 2.75) is 0 Å². The van der Waals surface area contributed by atoms with Gasteiger partial charge in [0.1, 0.15) is 5.75 Å². The molecular weight excluding hydrogens is 290 g/mol. The van der Waals surface area contributed by atoms with E-state index < -0.39 is 0 Å². The summed E-state index contributed by atoms with van der Waals surface area (Å²) >= 11 is 4.74. The number of ketones is 1. The lowest BCUT2D eigenvalue weighted by molar-refractivity contribution is 0.103. The van der Waals surface area contributed by atoms with E-state index in [1.807, 2.05) is 11.4 Å². The molecule has 0 saturated heterocycles. The monoisotopic (exact) mass is 297 g/mol. The molecule has 0 aliphatic carbocycles. The molecule has 2 rings (SSSR count). The molecule has 0 aromatic carbocycles. The van der Waals surface area contributed by atoms with E-state index >= 15 is 0 Å². The molecule has 5 heteroatoms. The molecule has 0 N–H and O–H groups in total. The number of carbonyl (C=O) groups is 1. The molecular formula is C11H8BrNO2S. The third-order valence-corrected chi connectivity index (χ3v) is 3.91. The van der Waals surface area contributed by atoms with Gasteiger partial charge >= 0.3 is 0 Å². The van der Waals surface area contributed by atoms with Crippen molar-refractivity contribution in [3.8, 4) is 5.75 Å². The van der Waals surface area contributed by atoms with Crippen LogP contribution in [-0.4, -0.2) is 17.9 Å². The summed E-state index contributed by atoms with van der Waals surface area (Å²) in [5, 5.41) is 1.87. The number of ether oxygens (including phenoxy) is 1. The number of hydrogen-bond donors (Lipinski definition) is 0. The minimum atomic E-state index is -0.0545. The number of rotatable bonds is 3. The van der Waals surface area contributed by atoms with E-state index in [9.17, 15) is 4.79 Å². The maximum absolute atomic E-state index is 12.2. The minimum Gasteiger partial charge on any atom is -0.494 e. The largest absolute Gasteiger partial charge is 0.494 e. The highest BCUT2D eigenvalue weighted by atomic mass is 79.9. The zero-order chi connectivity index (χ0) is 11.5. The van der Waals surface area contributed by atoms with Crippen molar-refractivity contribution in [2.75, 3.05) is 7.11 Å². The fourth-order valence-electron chi connectivity index (χ4n) is 1.31. The van der Waals surface area contributed by atoms with Crippen LogP contribution in [0.1, 0.15) is 15.2 Å². The highest BCUT2D eigenvalue weighted by molar-refractivity contribution is 9.10. The van der Waals surface area contributed by atoms with Crippen molar-refractivity contribution >= 4 is 33.0 Å². The number of halogens is 1. The fourth-order valence-corrected chi connectivity index (χ4v) is 2.81. The molecule has 2 aromatic rings. The molecule has 0 saturated carbocycles. The SMILES string of the molecule is COc1cnccc1C(=O)c1sccc1Br. The Bertz CT molecular complexity index is 524. The van der Waals surface area contributed by atoms with Gasteiger partial charge in [-0.05, 0) is 33.4 Å². The van der Waals surface area contributed by atoms with Crippen LogP contribution in [0.2, 0.25) is 0 Å². The topological polar surface area (TPSA) is 39.2 Å². The first-order valence-electron chi connectivity index (χ1n) is 4.49. The van der Waals surface area contributed by atoms with Gasteiger partial charge in [0.2, 0.25) is 5.78 Å². The molecule has 2 aromatic heterocycles. The third kappa shape index (κ3) is 2.01. The van der Waals surface area contributed by atoms with Gasteiger partial charge in [0.05, 0.1) is 23.7 Å². The Morgan fingerprint density at radius 2 is 2.31 bits per heavy atom. The van der Waals surface area contributed by atoms with Crippen LogP contribution in [0.4, 0.5) is 0 Å². The van der Waals surface area contributed by atoms with E-state index in [1.54, 1.807) is 12.3 Å². The van der Waals surface area contributed by atoms with E-state index in [0.717, 1.165) is 4.47 Å². The molecule has 0 radical (unpaired) electrons. The van der Waals surface area contributed by atoms with Crippen LogP contribution >= 0.6 is 27.3 Å². The first-order valence-corrected chi connectivity index (χ1v) is 6.17. The molecule has 0 bridgehead atoms. The molecule has 0 amide bonds. The average molecular weight is 298 g/mol. The summed E-state index contributed by atoms with van der Waals surface area (Å²) in [5.41, 5.74) is 0.528. The maximum Gasteiger partial charge on any atom is 0.207 e. The van der Waals surface area contributed by atoms with Gasteiger partial charge in [-0.15, -0.1) is 11.3 Å². The van der Waals surface area contributed by atoms with Crippen LogP contribution in [0.5, 0.6) is 5.75 Å². The van der Waals surface area contributed by atoms with Crippen LogP contribution in [0, 0.1) is 0 Å². The van der Waals surface area contributed by atoms with Gasteiger partial charge in [-0.3, -0.25) is 9.78 Å². The molecule has 2 heterocycles. The van der Waals surface area contributed by atoms with Gasteiger partial charge in [0.15, 0.2) is 0 Å². The van der Waals surface area contributed by atoms with Gasteiger partial charge < -0.3 is 4.74 Å². The highest BCUT2D eigenvalue weighted by Gasteiger charge is 2.17. The molecule has 0 aliphatic heterocycles. The van der Waals surface area contributed by atoms with Crippen molar-refractivity contribution in [2.24, 2.45) is 0 Å². The summed E-state index contributed by atoms with van der Waals surface area (Å²) in [6.07, 6.45) is 3.12. The smallest absolute Gasteiger partial charge is 0.207 e. The van der Waals surface area contributed by atoms with Gasteiger partial charge in [0.25, 0.3) is 0 Å². The summed E-state index contributed by atoms with van der Waals surface area (Å²) in [4.78, 5) is 16.8. The minimum absolute atomic E-state index is 0.0545. The summed E-state index contributed by atoms with van der Waals surface area (Å²) in [5.74, 6) is 0.439. The highest BCUT2D eigenvalue weighted by Crippen LogP contribution is 2.28. The van der Waals surface area contributed by atoms with Crippen LogP contribution < -0.4 is 4.74 Å². The zero-order valence-electron chi connectivity index (χ0n) is 8.44. The zero-order valence-corrected chi connectivity index (χ0v) is 10.8. The summed E-state index contributed by atoms with van der Waals surface area (Å²) in [6, 6.07) is 3.51. The van der Waals surface area contributed by atoms with Crippen LogP contribution in [0.15, 0.2) is 34.4 Å². The number of aromatic nitrogens is 1. The van der Waals surface area contributed by atoms with Crippen molar-refractivity contribution < 1.29 is 9.53 Å². The molecule has 16 heavy (non-hydrogen) atoms. The van der Waals surface area contributed by atoms with E-state index in [2.05, 4.69) is 20.9 Å². The Balaban J connectivity index is 2.46. The molecule has 0 fully saturated rings. The van der Waals surface area contributed by atoms with Crippen molar-refractivity contribution in [3.05, 3.63) is 44.8 Å². The molecule has 3 nitrogen and oxygen atoms in total. The second-order valence-electron chi connectivity index (χ2n) is 3.00. The predicted octanol–water partition coefficient (Wildman–Crippen LogP) is 3.15.